The van der Waals surface area contributed by atoms with Crippen LogP contribution in [0, 0.1) is 0 Å². The van der Waals surface area contributed by atoms with Crippen molar-refractivity contribution in [2.45, 2.75) is 57.1 Å². The minimum atomic E-state index is 0.00843. The summed E-state index contributed by atoms with van der Waals surface area (Å²) in [5, 5.41) is 8.15. The van der Waals surface area contributed by atoms with Crippen LogP contribution >= 0.6 is 11.3 Å². The Labute approximate surface area is 115 Å². The van der Waals surface area contributed by atoms with Crippen molar-refractivity contribution in [2.24, 2.45) is 0 Å². The van der Waals surface area contributed by atoms with Gasteiger partial charge in [-0.2, -0.15) is 11.3 Å². The van der Waals surface area contributed by atoms with E-state index in [2.05, 4.69) is 29.1 Å². The van der Waals surface area contributed by atoms with Crippen LogP contribution < -0.4 is 5.32 Å². The van der Waals surface area contributed by atoms with E-state index in [0.717, 1.165) is 6.54 Å². The van der Waals surface area contributed by atoms with E-state index in [-0.39, 0.29) is 5.60 Å². The van der Waals surface area contributed by atoms with Gasteiger partial charge in [-0.05, 0) is 48.2 Å². The number of methoxy groups -OCH3 is 1. The Morgan fingerprint density at radius 2 is 2.17 bits per heavy atom. The second-order valence-electron chi connectivity index (χ2n) is 5.27. The lowest BCUT2D eigenvalue weighted by Crippen LogP contribution is -2.47. The Bertz CT molecular complexity index is 330. The molecular weight excluding hydrogens is 242 g/mol. The Morgan fingerprint density at radius 1 is 1.39 bits per heavy atom. The first-order valence-corrected chi connectivity index (χ1v) is 8.07. The van der Waals surface area contributed by atoms with Gasteiger partial charge in [0.25, 0.3) is 0 Å². The molecule has 2 rings (SSSR count). The zero-order chi connectivity index (χ0) is 12.8. The van der Waals surface area contributed by atoms with Crippen molar-refractivity contribution < 1.29 is 4.74 Å². The molecular formula is C15H25NOS. The first-order valence-electron chi connectivity index (χ1n) is 7.13. The fourth-order valence-corrected chi connectivity index (χ4v) is 3.78. The number of rotatable bonds is 6. The molecule has 3 heteroatoms. The van der Waals surface area contributed by atoms with Crippen molar-refractivity contribution in [3.05, 3.63) is 22.4 Å². The SMILES string of the molecule is CCCNC(c1ccsc1)C1(OC)CCCCC1. The topological polar surface area (TPSA) is 21.3 Å². The molecule has 0 aliphatic heterocycles. The van der Waals surface area contributed by atoms with E-state index in [1.54, 1.807) is 11.3 Å². The van der Waals surface area contributed by atoms with Crippen LogP contribution in [0.1, 0.15) is 57.1 Å². The van der Waals surface area contributed by atoms with Crippen LogP contribution in [0.3, 0.4) is 0 Å². The maximum Gasteiger partial charge on any atom is 0.0872 e. The number of hydrogen-bond acceptors (Lipinski definition) is 3. The summed E-state index contributed by atoms with van der Waals surface area (Å²) in [5.41, 5.74) is 1.41. The molecule has 0 aromatic carbocycles. The van der Waals surface area contributed by atoms with Crippen molar-refractivity contribution in [1.29, 1.82) is 0 Å². The molecule has 1 aliphatic rings. The quantitative estimate of drug-likeness (QED) is 0.836. The normalized spacial score (nSPS) is 20.8. The Hall–Kier alpha value is -0.380. The van der Waals surface area contributed by atoms with Crippen molar-refractivity contribution in [3.8, 4) is 0 Å². The van der Waals surface area contributed by atoms with Gasteiger partial charge in [-0.15, -0.1) is 0 Å². The van der Waals surface area contributed by atoms with E-state index >= 15 is 0 Å². The maximum absolute atomic E-state index is 6.00. The van der Waals surface area contributed by atoms with Crippen LogP contribution in [0.5, 0.6) is 0 Å². The average Bonchev–Trinajstić information content (AvgIpc) is 2.94. The van der Waals surface area contributed by atoms with Crippen molar-refractivity contribution in [1.82, 2.24) is 5.32 Å². The molecule has 0 amide bonds. The van der Waals surface area contributed by atoms with Gasteiger partial charge < -0.3 is 10.1 Å². The van der Waals surface area contributed by atoms with E-state index < -0.39 is 0 Å². The zero-order valence-electron chi connectivity index (χ0n) is 11.6. The third-order valence-electron chi connectivity index (χ3n) is 4.11. The van der Waals surface area contributed by atoms with Crippen LogP contribution in [-0.2, 0) is 4.74 Å². The van der Waals surface area contributed by atoms with Gasteiger partial charge in [-0.1, -0.05) is 26.2 Å². The second kappa shape index (κ2) is 6.69. The summed E-state index contributed by atoms with van der Waals surface area (Å²) in [4.78, 5) is 0. The van der Waals surface area contributed by atoms with Crippen LogP contribution in [0.4, 0.5) is 0 Å². The summed E-state index contributed by atoms with van der Waals surface area (Å²) in [7, 11) is 1.89. The van der Waals surface area contributed by atoms with Gasteiger partial charge in [-0.3, -0.25) is 0 Å². The van der Waals surface area contributed by atoms with Crippen molar-refractivity contribution in [3.63, 3.8) is 0 Å². The largest absolute Gasteiger partial charge is 0.376 e. The molecule has 0 saturated heterocycles. The van der Waals surface area contributed by atoms with E-state index in [1.807, 2.05) is 7.11 Å². The lowest BCUT2D eigenvalue weighted by Gasteiger charge is -2.43. The number of ether oxygens (including phenoxy) is 1. The molecule has 0 bridgehead atoms. The molecule has 2 nitrogen and oxygen atoms in total. The fourth-order valence-electron chi connectivity index (χ4n) is 3.10. The lowest BCUT2D eigenvalue weighted by atomic mass is 9.77. The minimum absolute atomic E-state index is 0.00843. The lowest BCUT2D eigenvalue weighted by molar-refractivity contribution is -0.0686. The monoisotopic (exact) mass is 267 g/mol. The van der Waals surface area contributed by atoms with E-state index in [0.29, 0.717) is 6.04 Å². The first-order chi connectivity index (χ1) is 8.82. The molecule has 1 aliphatic carbocycles. The van der Waals surface area contributed by atoms with Gasteiger partial charge in [0, 0.05) is 7.11 Å². The molecule has 1 fully saturated rings. The Balaban J connectivity index is 2.20. The molecule has 1 saturated carbocycles. The van der Waals surface area contributed by atoms with E-state index in [4.69, 9.17) is 4.74 Å². The summed E-state index contributed by atoms with van der Waals surface area (Å²) in [6.45, 7) is 3.28. The van der Waals surface area contributed by atoms with Gasteiger partial charge in [0.2, 0.25) is 0 Å². The highest BCUT2D eigenvalue weighted by atomic mass is 32.1. The van der Waals surface area contributed by atoms with E-state index in [9.17, 15) is 0 Å². The van der Waals surface area contributed by atoms with Gasteiger partial charge in [0.1, 0.15) is 0 Å². The molecule has 1 aromatic rings. The Morgan fingerprint density at radius 3 is 2.72 bits per heavy atom. The summed E-state index contributed by atoms with van der Waals surface area (Å²) < 4.78 is 6.00. The number of hydrogen-bond donors (Lipinski definition) is 1. The molecule has 1 atom stereocenters. The molecule has 1 unspecified atom stereocenters. The molecule has 1 heterocycles. The fraction of sp³-hybridized carbons (Fsp3) is 0.733. The summed E-state index contributed by atoms with van der Waals surface area (Å²) in [5.74, 6) is 0. The highest BCUT2D eigenvalue weighted by molar-refractivity contribution is 7.07. The highest BCUT2D eigenvalue weighted by Crippen LogP contribution is 2.41. The summed E-state index contributed by atoms with van der Waals surface area (Å²) in [6, 6.07) is 2.60. The Kier molecular flexibility index (Phi) is 5.22. The van der Waals surface area contributed by atoms with Crippen LogP contribution in [0.25, 0.3) is 0 Å². The van der Waals surface area contributed by atoms with Gasteiger partial charge in [0.05, 0.1) is 11.6 Å². The molecule has 0 radical (unpaired) electrons. The van der Waals surface area contributed by atoms with Gasteiger partial charge in [0.15, 0.2) is 0 Å². The molecule has 18 heavy (non-hydrogen) atoms. The average molecular weight is 267 g/mol. The second-order valence-corrected chi connectivity index (χ2v) is 6.05. The highest BCUT2D eigenvalue weighted by Gasteiger charge is 2.40. The minimum Gasteiger partial charge on any atom is -0.376 e. The zero-order valence-corrected chi connectivity index (χ0v) is 12.4. The first kappa shape index (κ1) is 14.0. The third-order valence-corrected chi connectivity index (χ3v) is 4.81. The molecule has 1 aromatic heterocycles. The third kappa shape index (κ3) is 2.95. The van der Waals surface area contributed by atoms with E-state index in [1.165, 1.54) is 44.1 Å². The standard InChI is InChI=1S/C15H25NOS/c1-3-10-16-14(13-7-11-18-12-13)15(17-2)8-5-4-6-9-15/h7,11-12,14,16H,3-6,8-10H2,1-2H3. The number of thiophene rings is 1. The maximum atomic E-state index is 6.00. The predicted octanol–water partition coefficient (Wildman–Crippen LogP) is 4.14. The van der Waals surface area contributed by atoms with Gasteiger partial charge >= 0.3 is 0 Å². The van der Waals surface area contributed by atoms with Gasteiger partial charge in [-0.25, -0.2) is 0 Å². The molecule has 0 spiro atoms. The molecule has 102 valence electrons. The van der Waals surface area contributed by atoms with Crippen molar-refractivity contribution in [2.75, 3.05) is 13.7 Å². The smallest absolute Gasteiger partial charge is 0.0872 e. The summed E-state index contributed by atoms with van der Waals surface area (Å²) >= 11 is 1.78. The van der Waals surface area contributed by atoms with Crippen LogP contribution in [0.15, 0.2) is 16.8 Å². The number of nitrogens with one attached hydrogen (secondary N) is 1. The van der Waals surface area contributed by atoms with Crippen LogP contribution in [0.2, 0.25) is 0 Å². The molecule has 1 N–H and O–H groups in total. The predicted molar refractivity (Wildman–Crippen MR) is 78.2 cm³/mol. The summed E-state index contributed by atoms with van der Waals surface area (Å²) in [6.07, 6.45) is 7.47. The van der Waals surface area contributed by atoms with Crippen molar-refractivity contribution >= 4 is 11.3 Å². The van der Waals surface area contributed by atoms with Crippen LogP contribution in [-0.4, -0.2) is 19.3 Å².